The van der Waals surface area contributed by atoms with Crippen molar-refractivity contribution in [1.29, 1.82) is 5.26 Å². The van der Waals surface area contributed by atoms with Crippen LogP contribution in [0.1, 0.15) is 28.0 Å². The van der Waals surface area contributed by atoms with Crippen LogP contribution in [0.25, 0.3) is 16.9 Å². The van der Waals surface area contributed by atoms with Crippen LogP contribution in [0.4, 0.5) is 20.2 Å². The zero-order chi connectivity index (χ0) is 22.8. The third-order valence-electron chi connectivity index (χ3n) is 4.62. The Hall–Kier alpha value is -4.72. The zero-order valence-electron chi connectivity index (χ0n) is 16.1. The summed E-state index contributed by atoms with van der Waals surface area (Å²) in [6.45, 7) is 0. The maximum atomic E-state index is 13.7. The number of halogens is 2. The zero-order valence-corrected chi connectivity index (χ0v) is 16.1. The molecule has 0 aliphatic heterocycles. The van der Waals surface area contributed by atoms with Crippen molar-refractivity contribution in [2.75, 3.05) is 5.32 Å². The van der Waals surface area contributed by atoms with Gasteiger partial charge in [-0.25, -0.2) is 18.3 Å². The quantitative estimate of drug-likeness (QED) is 0.367. The smallest absolute Gasteiger partial charge is 0.280 e. The number of hydrogen-bond acceptors (Lipinski definition) is 6. The summed E-state index contributed by atoms with van der Waals surface area (Å²) >= 11 is 0. The number of hydrogen-bond donors (Lipinski definition) is 1. The minimum Gasteiger partial charge on any atom is -0.321 e. The van der Waals surface area contributed by atoms with Gasteiger partial charge in [0, 0.05) is 17.7 Å². The van der Waals surface area contributed by atoms with E-state index in [0.29, 0.717) is 5.56 Å². The van der Waals surface area contributed by atoms with E-state index >= 15 is 0 Å². The van der Waals surface area contributed by atoms with Gasteiger partial charge in [-0.05, 0) is 12.1 Å². The number of nitrogens with zero attached hydrogens (tertiary/aromatic N) is 5. The standard InChI is InChI=1S/C21H12F2N6O3/c22-19(23)18-9-17(12-4-2-1-3-5-12)26-20-15(11-25-28(18)20)21(30)27-16-7-6-14(29(31)32)8-13(16)10-24/h1-9,11,19H,(H,27,30). The Kier molecular flexibility index (Phi) is 5.26. The highest BCUT2D eigenvalue weighted by Crippen LogP contribution is 2.27. The third kappa shape index (κ3) is 3.72. The second-order valence-electron chi connectivity index (χ2n) is 6.58. The summed E-state index contributed by atoms with van der Waals surface area (Å²) in [4.78, 5) is 27.4. The molecule has 0 saturated heterocycles. The van der Waals surface area contributed by atoms with Crippen LogP contribution < -0.4 is 5.32 Å². The van der Waals surface area contributed by atoms with Crippen molar-refractivity contribution in [2.45, 2.75) is 6.43 Å². The number of alkyl halides is 2. The van der Waals surface area contributed by atoms with Crippen molar-refractivity contribution in [1.82, 2.24) is 14.6 Å². The topological polar surface area (TPSA) is 126 Å². The number of nitro groups is 1. The number of aromatic nitrogens is 3. The van der Waals surface area contributed by atoms with Crippen molar-refractivity contribution in [3.05, 3.63) is 87.7 Å². The number of rotatable bonds is 5. The van der Waals surface area contributed by atoms with E-state index in [1.54, 1.807) is 36.4 Å². The van der Waals surface area contributed by atoms with E-state index in [0.717, 1.165) is 22.8 Å². The van der Waals surface area contributed by atoms with E-state index in [2.05, 4.69) is 15.4 Å². The maximum Gasteiger partial charge on any atom is 0.280 e. The molecule has 0 spiro atoms. The Morgan fingerprint density at radius 2 is 1.94 bits per heavy atom. The summed E-state index contributed by atoms with van der Waals surface area (Å²) in [5.74, 6) is -0.761. The third-order valence-corrected chi connectivity index (χ3v) is 4.62. The fourth-order valence-corrected chi connectivity index (χ4v) is 3.10. The van der Waals surface area contributed by atoms with E-state index in [9.17, 15) is 29.0 Å². The highest BCUT2D eigenvalue weighted by atomic mass is 19.3. The summed E-state index contributed by atoms with van der Waals surface area (Å²) in [5.41, 5.74) is -0.257. The van der Waals surface area contributed by atoms with Crippen molar-refractivity contribution in [3.8, 4) is 17.3 Å². The molecule has 2 aromatic carbocycles. The number of fused-ring (bicyclic) bond motifs is 1. The first kappa shape index (κ1) is 20.5. The lowest BCUT2D eigenvalue weighted by atomic mass is 10.1. The van der Waals surface area contributed by atoms with Crippen LogP contribution in [0.2, 0.25) is 0 Å². The predicted octanol–water partition coefficient (Wildman–Crippen LogP) is 4.37. The molecule has 0 bridgehead atoms. The molecule has 11 heteroatoms. The van der Waals surface area contributed by atoms with Gasteiger partial charge < -0.3 is 5.32 Å². The molecule has 4 rings (SSSR count). The average molecular weight is 434 g/mol. The summed E-state index contributed by atoms with van der Waals surface area (Å²) in [7, 11) is 0. The van der Waals surface area contributed by atoms with Gasteiger partial charge in [-0.3, -0.25) is 14.9 Å². The molecule has 1 N–H and O–H groups in total. The lowest BCUT2D eigenvalue weighted by molar-refractivity contribution is -0.384. The number of carbonyl (C=O) groups excluding carboxylic acids is 1. The number of carbonyl (C=O) groups is 1. The molecule has 0 atom stereocenters. The van der Waals surface area contributed by atoms with Crippen LogP contribution in [-0.4, -0.2) is 25.4 Å². The van der Waals surface area contributed by atoms with Gasteiger partial charge in [-0.15, -0.1) is 0 Å². The first-order chi connectivity index (χ1) is 15.4. The molecule has 0 aliphatic rings. The molecule has 158 valence electrons. The van der Waals surface area contributed by atoms with Gasteiger partial charge in [0.05, 0.1) is 28.1 Å². The molecule has 2 aromatic heterocycles. The fourth-order valence-electron chi connectivity index (χ4n) is 3.10. The maximum absolute atomic E-state index is 13.7. The molecule has 0 fully saturated rings. The predicted molar refractivity (Wildman–Crippen MR) is 109 cm³/mol. The minimum atomic E-state index is -2.88. The number of benzene rings is 2. The van der Waals surface area contributed by atoms with E-state index in [1.165, 1.54) is 12.1 Å². The van der Waals surface area contributed by atoms with E-state index in [1.807, 2.05) is 0 Å². The fraction of sp³-hybridized carbons (Fsp3) is 0.0476. The van der Waals surface area contributed by atoms with E-state index < -0.39 is 22.9 Å². The number of nitro benzene ring substituents is 1. The number of nitrogens with one attached hydrogen (secondary N) is 1. The molecule has 1 amide bonds. The Morgan fingerprint density at radius 3 is 2.59 bits per heavy atom. The molecular formula is C21H12F2N6O3. The molecule has 0 aliphatic carbocycles. The largest absolute Gasteiger partial charge is 0.321 e. The summed E-state index contributed by atoms with van der Waals surface area (Å²) < 4.78 is 28.2. The van der Waals surface area contributed by atoms with Gasteiger partial charge in [0.1, 0.15) is 17.3 Å². The Balaban J connectivity index is 1.78. The van der Waals surface area contributed by atoms with E-state index in [-0.39, 0.29) is 33.8 Å². The van der Waals surface area contributed by atoms with E-state index in [4.69, 9.17) is 0 Å². The van der Waals surface area contributed by atoms with Crippen molar-refractivity contribution < 1.29 is 18.5 Å². The molecule has 32 heavy (non-hydrogen) atoms. The lowest BCUT2D eigenvalue weighted by Crippen LogP contribution is -2.14. The van der Waals surface area contributed by atoms with Crippen molar-refractivity contribution in [2.24, 2.45) is 0 Å². The number of non-ortho nitro benzene ring substituents is 1. The van der Waals surface area contributed by atoms with Gasteiger partial charge >= 0.3 is 0 Å². The van der Waals surface area contributed by atoms with Gasteiger partial charge in [-0.2, -0.15) is 10.4 Å². The molecular weight excluding hydrogens is 422 g/mol. The first-order valence-electron chi connectivity index (χ1n) is 9.11. The summed E-state index contributed by atoms with van der Waals surface area (Å²) in [5, 5.41) is 26.5. The van der Waals surface area contributed by atoms with Gasteiger partial charge in [0.25, 0.3) is 18.0 Å². The molecule has 2 heterocycles. The second-order valence-corrected chi connectivity index (χ2v) is 6.58. The van der Waals surface area contributed by atoms with Crippen molar-refractivity contribution in [3.63, 3.8) is 0 Å². The molecule has 9 nitrogen and oxygen atoms in total. The summed E-state index contributed by atoms with van der Waals surface area (Å²) in [6, 6.07) is 15.0. The Labute approximate surface area is 178 Å². The lowest BCUT2D eigenvalue weighted by Gasteiger charge is -2.09. The van der Waals surface area contributed by atoms with Crippen molar-refractivity contribution >= 4 is 22.9 Å². The van der Waals surface area contributed by atoms with Crippen LogP contribution in [0.3, 0.4) is 0 Å². The molecule has 4 aromatic rings. The Bertz CT molecular complexity index is 1400. The van der Waals surface area contributed by atoms with Gasteiger partial charge in [-0.1, -0.05) is 30.3 Å². The number of nitriles is 1. The van der Waals surface area contributed by atoms with Crippen LogP contribution in [-0.2, 0) is 0 Å². The average Bonchev–Trinajstić information content (AvgIpc) is 3.23. The first-order valence-corrected chi connectivity index (χ1v) is 9.11. The monoisotopic (exact) mass is 434 g/mol. The highest BCUT2D eigenvalue weighted by Gasteiger charge is 2.22. The van der Waals surface area contributed by atoms with Crippen LogP contribution in [0, 0.1) is 21.4 Å². The molecule has 0 radical (unpaired) electrons. The van der Waals surface area contributed by atoms with Gasteiger partial charge in [0.15, 0.2) is 5.65 Å². The molecule has 0 saturated carbocycles. The number of anilines is 1. The minimum absolute atomic E-state index is 0.0238. The Morgan fingerprint density at radius 1 is 1.19 bits per heavy atom. The molecule has 0 unspecified atom stereocenters. The van der Waals surface area contributed by atoms with Gasteiger partial charge in [0.2, 0.25) is 0 Å². The van der Waals surface area contributed by atoms with Crippen LogP contribution >= 0.6 is 0 Å². The highest BCUT2D eigenvalue weighted by molar-refractivity contribution is 6.08. The summed E-state index contributed by atoms with van der Waals surface area (Å²) in [6.07, 6.45) is -1.78. The van der Waals surface area contributed by atoms with Crippen LogP contribution in [0.15, 0.2) is 60.8 Å². The van der Waals surface area contributed by atoms with Crippen LogP contribution in [0.5, 0.6) is 0 Å². The normalized spacial score (nSPS) is 10.8. The SMILES string of the molecule is N#Cc1cc([N+](=O)[O-])ccc1NC(=O)c1cnn2c(C(F)F)cc(-c3ccccc3)nc12. The second kappa shape index (κ2) is 8.19. The number of amides is 1.